The van der Waals surface area contributed by atoms with Gasteiger partial charge >= 0.3 is 0 Å². The molecule has 0 spiro atoms. The quantitative estimate of drug-likeness (QED) is 0.709. The maximum absolute atomic E-state index is 8.59. The number of anilines is 1. The van der Waals surface area contributed by atoms with E-state index in [2.05, 4.69) is 15.1 Å². The molecule has 2 heterocycles. The lowest BCUT2D eigenvalue weighted by atomic mass is 10.1. The largest absolute Gasteiger partial charge is 0.355 e. The van der Waals surface area contributed by atoms with E-state index in [0.717, 1.165) is 31.7 Å². The number of aromatic nitrogens is 2. The van der Waals surface area contributed by atoms with Crippen LogP contribution in [0.4, 0.5) is 5.82 Å². The van der Waals surface area contributed by atoms with E-state index in [1.165, 1.54) is 0 Å². The summed E-state index contributed by atoms with van der Waals surface area (Å²) in [5.74, 6) is 0.834. The molecule has 5 heteroatoms. The van der Waals surface area contributed by atoms with Gasteiger partial charge in [-0.2, -0.15) is 5.26 Å². The van der Waals surface area contributed by atoms with Crippen LogP contribution in [0.25, 0.3) is 0 Å². The Bertz CT molecular complexity index is 358. The molecule has 1 aromatic rings. The molecule has 15 heavy (non-hydrogen) atoms. The van der Waals surface area contributed by atoms with E-state index in [1.807, 2.05) is 12.1 Å². The van der Waals surface area contributed by atoms with Gasteiger partial charge in [0.25, 0.3) is 0 Å². The van der Waals surface area contributed by atoms with Crippen molar-refractivity contribution in [2.45, 2.75) is 18.9 Å². The van der Waals surface area contributed by atoms with E-state index in [9.17, 15) is 0 Å². The molecule has 0 bridgehead atoms. The molecule has 0 aliphatic carbocycles. The van der Waals surface area contributed by atoms with Crippen LogP contribution < -0.4 is 10.6 Å². The number of hydrogen-bond donors (Lipinski definition) is 1. The first-order chi connectivity index (χ1) is 7.29. The highest BCUT2D eigenvalue weighted by molar-refractivity contribution is 5.39. The third-order valence-corrected chi connectivity index (χ3v) is 2.63. The van der Waals surface area contributed by atoms with E-state index in [1.54, 1.807) is 6.07 Å². The zero-order valence-electron chi connectivity index (χ0n) is 8.43. The monoisotopic (exact) mass is 203 g/mol. The van der Waals surface area contributed by atoms with E-state index in [4.69, 9.17) is 11.0 Å². The standard InChI is InChI=1S/C10H13N5/c11-7-9-1-2-10(14-13-9)15-5-3-8(12)4-6-15/h1-2,8H,3-6,12H2. The Labute approximate surface area is 88.5 Å². The van der Waals surface area contributed by atoms with Crippen molar-refractivity contribution in [3.8, 4) is 6.07 Å². The van der Waals surface area contributed by atoms with E-state index >= 15 is 0 Å². The van der Waals surface area contributed by atoms with Gasteiger partial charge in [-0.1, -0.05) is 0 Å². The highest BCUT2D eigenvalue weighted by atomic mass is 15.3. The van der Waals surface area contributed by atoms with E-state index in [-0.39, 0.29) is 0 Å². The molecular weight excluding hydrogens is 190 g/mol. The number of rotatable bonds is 1. The second kappa shape index (κ2) is 4.24. The first-order valence-corrected chi connectivity index (χ1v) is 5.04. The molecule has 0 saturated carbocycles. The molecule has 2 N–H and O–H groups in total. The molecule has 1 fully saturated rings. The van der Waals surface area contributed by atoms with Gasteiger partial charge in [-0.15, -0.1) is 10.2 Å². The summed E-state index contributed by atoms with van der Waals surface area (Å²) in [6, 6.07) is 5.79. The number of nitrogens with zero attached hydrogens (tertiary/aromatic N) is 4. The van der Waals surface area contributed by atoms with Gasteiger partial charge in [0.1, 0.15) is 6.07 Å². The van der Waals surface area contributed by atoms with Crippen LogP contribution in [-0.2, 0) is 0 Å². The van der Waals surface area contributed by atoms with Crippen LogP contribution in [0.5, 0.6) is 0 Å². The van der Waals surface area contributed by atoms with Gasteiger partial charge in [0, 0.05) is 19.1 Å². The third-order valence-electron chi connectivity index (χ3n) is 2.63. The molecule has 1 saturated heterocycles. The second-order valence-electron chi connectivity index (χ2n) is 3.71. The predicted octanol–water partition coefficient (Wildman–Crippen LogP) is 0.276. The fourth-order valence-corrected chi connectivity index (χ4v) is 1.68. The van der Waals surface area contributed by atoms with Crippen LogP contribution in [0.15, 0.2) is 12.1 Å². The molecule has 1 aliphatic heterocycles. The Balaban J connectivity index is 2.07. The Morgan fingerprint density at radius 2 is 2.07 bits per heavy atom. The number of hydrogen-bond acceptors (Lipinski definition) is 5. The van der Waals surface area contributed by atoms with Gasteiger partial charge in [-0.3, -0.25) is 0 Å². The minimum absolute atomic E-state index is 0.313. The van der Waals surface area contributed by atoms with E-state index in [0.29, 0.717) is 11.7 Å². The van der Waals surface area contributed by atoms with Crippen LogP contribution >= 0.6 is 0 Å². The number of nitrogens with two attached hydrogens (primary N) is 1. The zero-order valence-corrected chi connectivity index (χ0v) is 8.43. The van der Waals surface area contributed by atoms with Crippen LogP contribution in [0.2, 0.25) is 0 Å². The van der Waals surface area contributed by atoms with Crippen molar-refractivity contribution < 1.29 is 0 Å². The van der Waals surface area contributed by atoms with Gasteiger partial charge in [0.15, 0.2) is 11.5 Å². The molecule has 78 valence electrons. The zero-order chi connectivity index (χ0) is 10.7. The summed E-state index contributed by atoms with van der Waals surface area (Å²) in [4.78, 5) is 2.15. The lowest BCUT2D eigenvalue weighted by molar-refractivity contribution is 0.497. The molecule has 1 aromatic heterocycles. The third kappa shape index (κ3) is 2.22. The highest BCUT2D eigenvalue weighted by Gasteiger charge is 2.17. The van der Waals surface area contributed by atoms with Gasteiger partial charge in [-0.05, 0) is 25.0 Å². The molecule has 5 nitrogen and oxygen atoms in total. The van der Waals surface area contributed by atoms with Crippen LogP contribution in [0, 0.1) is 11.3 Å². The van der Waals surface area contributed by atoms with Crippen molar-refractivity contribution in [1.29, 1.82) is 5.26 Å². The fourth-order valence-electron chi connectivity index (χ4n) is 1.68. The lowest BCUT2D eigenvalue weighted by Gasteiger charge is -2.30. The minimum atomic E-state index is 0.313. The van der Waals surface area contributed by atoms with Crippen LogP contribution in [0.3, 0.4) is 0 Å². The van der Waals surface area contributed by atoms with Gasteiger partial charge in [0.2, 0.25) is 0 Å². The van der Waals surface area contributed by atoms with Crippen molar-refractivity contribution in [2.24, 2.45) is 5.73 Å². The molecule has 2 rings (SSSR count). The SMILES string of the molecule is N#Cc1ccc(N2CCC(N)CC2)nn1. The lowest BCUT2D eigenvalue weighted by Crippen LogP contribution is -2.40. The Kier molecular flexibility index (Phi) is 2.79. The summed E-state index contributed by atoms with van der Waals surface area (Å²) < 4.78 is 0. The van der Waals surface area contributed by atoms with Gasteiger partial charge < -0.3 is 10.6 Å². The molecule has 1 aliphatic rings. The predicted molar refractivity (Wildman–Crippen MR) is 56.2 cm³/mol. The molecule has 0 radical (unpaired) electrons. The summed E-state index contributed by atoms with van der Waals surface area (Å²) in [5, 5.41) is 16.4. The number of piperidine rings is 1. The van der Waals surface area contributed by atoms with Gasteiger partial charge in [-0.25, -0.2) is 0 Å². The van der Waals surface area contributed by atoms with Crippen LogP contribution in [-0.4, -0.2) is 29.3 Å². The maximum atomic E-state index is 8.59. The van der Waals surface area contributed by atoms with Crippen molar-refractivity contribution in [3.05, 3.63) is 17.8 Å². The molecular formula is C10H13N5. The van der Waals surface area contributed by atoms with Crippen molar-refractivity contribution in [1.82, 2.24) is 10.2 Å². The summed E-state index contributed by atoms with van der Waals surface area (Å²) in [6.45, 7) is 1.84. The Hall–Kier alpha value is -1.67. The molecule has 0 unspecified atom stereocenters. The van der Waals surface area contributed by atoms with Crippen molar-refractivity contribution in [2.75, 3.05) is 18.0 Å². The first kappa shape index (κ1) is 9.87. The average molecular weight is 203 g/mol. The average Bonchev–Trinajstić information content (AvgIpc) is 2.30. The summed E-state index contributed by atoms with van der Waals surface area (Å²) >= 11 is 0. The smallest absolute Gasteiger partial charge is 0.163 e. The Morgan fingerprint density at radius 1 is 1.33 bits per heavy atom. The van der Waals surface area contributed by atoms with Crippen molar-refractivity contribution in [3.63, 3.8) is 0 Å². The maximum Gasteiger partial charge on any atom is 0.163 e. The normalized spacial score (nSPS) is 17.5. The van der Waals surface area contributed by atoms with Crippen LogP contribution in [0.1, 0.15) is 18.5 Å². The van der Waals surface area contributed by atoms with Crippen molar-refractivity contribution >= 4 is 5.82 Å². The molecule has 0 atom stereocenters. The van der Waals surface area contributed by atoms with Gasteiger partial charge in [0.05, 0.1) is 0 Å². The number of nitriles is 1. The summed E-state index contributed by atoms with van der Waals surface area (Å²) in [6.07, 6.45) is 1.98. The topological polar surface area (TPSA) is 78.8 Å². The summed E-state index contributed by atoms with van der Waals surface area (Å²) in [7, 11) is 0. The second-order valence-corrected chi connectivity index (χ2v) is 3.71. The molecule has 0 amide bonds. The Morgan fingerprint density at radius 3 is 2.60 bits per heavy atom. The summed E-state index contributed by atoms with van der Waals surface area (Å²) in [5.41, 5.74) is 6.17. The highest BCUT2D eigenvalue weighted by Crippen LogP contribution is 2.15. The first-order valence-electron chi connectivity index (χ1n) is 5.04. The molecule has 0 aromatic carbocycles. The van der Waals surface area contributed by atoms with E-state index < -0.39 is 0 Å². The minimum Gasteiger partial charge on any atom is -0.355 e. The fraction of sp³-hybridized carbons (Fsp3) is 0.500.